The Kier molecular flexibility index (Phi) is 8.22. The lowest BCUT2D eigenvalue weighted by Crippen LogP contribution is -2.47. The number of aryl methyl sites for hydroxylation is 1. The van der Waals surface area contributed by atoms with E-state index in [0.717, 1.165) is 0 Å². The third-order valence-corrected chi connectivity index (χ3v) is 7.93. The number of nitrogens with two attached hydrogens (primary N) is 1. The minimum atomic E-state index is -3.54. The highest BCUT2D eigenvalue weighted by atomic mass is 35.5. The fourth-order valence-electron chi connectivity index (χ4n) is 4.19. The highest BCUT2D eigenvalue weighted by Crippen LogP contribution is 2.28. The summed E-state index contributed by atoms with van der Waals surface area (Å²) in [5.41, 5.74) is 6.78. The van der Waals surface area contributed by atoms with Crippen LogP contribution in [0.15, 0.2) is 29.2 Å². The summed E-state index contributed by atoms with van der Waals surface area (Å²) in [5.74, 6) is -0.284. The Morgan fingerprint density at radius 2 is 1.97 bits per heavy atom. The van der Waals surface area contributed by atoms with Crippen LogP contribution in [0.1, 0.15) is 31.2 Å². The van der Waals surface area contributed by atoms with E-state index in [1.54, 1.807) is 31.2 Å². The van der Waals surface area contributed by atoms with Crippen molar-refractivity contribution in [3.05, 3.63) is 29.8 Å². The van der Waals surface area contributed by atoms with Gasteiger partial charge in [-0.25, -0.2) is 12.8 Å². The van der Waals surface area contributed by atoms with E-state index < -0.39 is 34.2 Å². The molecule has 0 aliphatic carbocycles. The molecule has 3 atom stereocenters. The Bertz CT molecular complexity index is 900. The smallest absolute Gasteiger partial charge is 0.243 e. The van der Waals surface area contributed by atoms with Gasteiger partial charge in [0, 0.05) is 19.5 Å². The molecule has 0 bridgehead atoms. The van der Waals surface area contributed by atoms with Gasteiger partial charge in [-0.05, 0) is 43.7 Å². The molecule has 2 saturated heterocycles. The van der Waals surface area contributed by atoms with Crippen molar-refractivity contribution in [1.29, 1.82) is 5.26 Å². The van der Waals surface area contributed by atoms with Gasteiger partial charge in [0.25, 0.3) is 0 Å². The maximum Gasteiger partial charge on any atom is 0.243 e. The first kappa shape index (κ1) is 24.5. The largest absolute Gasteiger partial charge is 0.322 e. The summed E-state index contributed by atoms with van der Waals surface area (Å²) in [6.45, 7) is 2.44. The first-order valence-electron chi connectivity index (χ1n) is 9.89. The average Bonchev–Trinajstić information content (AvgIpc) is 3.08. The Morgan fingerprint density at radius 1 is 1.33 bits per heavy atom. The highest BCUT2D eigenvalue weighted by molar-refractivity contribution is 7.89. The predicted octanol–water partition coefficient (Wildman–Crippen LogP) is 2.00. The maximum atomic E-state index is 13.6. The van der Waals surface area contributed by atoms with E-state index in [0.29, 0.717) is 42.8 Å². The standard InChI is InChI=1S/C20H27FN4O3S.ClH/c1-14-4-2-3-5-19(14)29(27,28)24-8-6-15(7-9-24)10-18(23)20(26)25-13-16(21)11-17(25)12-22;/h2-5,15-18H,6-11,13,23H2,1H3;1H/t16-,17-,18-;/m0./s1. The number of carbonyl (C=O) groups is 1. The SMILES string of the molecule is Cc1ccccc1S(=O)(=O)N1CCC(C[C@H](N)C(=O)N2C[C@@H](F)C[C@H]2C#N)CC1.Cl. The molecular weight excluding hydrogens is 431 g/mol. The van der Waals surface area contributed by atoms with Crippen molar-refractivity contribution >= 4 is 28.3 Å². The molecule has 166 valence electrons. The van der Waals surface area contributed by atoms with Crippen LogP contribution in [0, 0.1) is 24.2 Å². The summed E-state index contributed by atoms with van der Waals surface area (Å²) in [5, 5.41) is 9.11. The molecule has 3 rings (SSSR count). The van der Waals surface area contributed by atoms with Crippen molar-refractivity contribution < 1.29 is 17.6 Å². The molecule has 30 heavy (non-hydrogen) atoms. The molecule has 2 fully saturated rings. The summed E-state index contributed by atoms with van der Waals surface area (Å²) in [4.78, 5) is 14.1. The van der Waals surface area contributed by atoms with Gasteiger partial charge < -0.3 is 10.6 Å². The number of rotatable bonds is 5. The topological polar surface area (TPSA) is 108 Å². The normalized spacial score (nSPS) is 24.1. The molecule has 2 aliphatic rings. The van der Waals surface area contributed by atoms with Crippen LogP contribution in [0.4, 0.5) is 4.39 Å². The summed E-state index contributed by atoms with van der Waals surface area (Å²) in [6, 6.07) is 7.31. The molecule has 2 aliphatic heterocycles. The van der Waals surface area contributed by atoms with Crippen molar-refractivity contribution in [1.82, 2.24) is 9.21 Å². The van der Waals surface area contributed by atoms with Crippen LogP contribution in [0.5, 0.6) is 0 Å². The number of hydrogen-bond donors (Lipinski definition) is 1. The minimum absolute atomic E-state index is 0. The first-order chi connectivity index (χ1) is 13.7. The van der Waals surface area contributed by atoms with Crippen LogP contribution in [0.25, 0.3) is 0 Å². The second-order valence-electron chi connectivity index (χ2n) is 7.92. The molecule has 1 aromatic rings. The zero-order valence-electron chi connectivity index (χ0n) is 16.9. The van der Waals surface area contributed by atoms with Gasteiger partial charge in [-0.3, -0.25) is 4.79 Å². The van der Waals surface area contributed by atoms with Crippen molar-refractivity contribution in [2.45, 2.75) is 55.8 Å². The van der Waals surface area contributed by atoms with Crippen LogP contribution in [0.2, 0.25) is 0 Å². The second-order valence-corrected chi connectivity index (χ2v) is 9.83. The van der Waals surface area contributed by atoms with Gasteiger partial charge in [0.05, 0.1) is 23.6 Å². The van der Waals surface area contributed by atoms with E-state index in [2.05, 4.69) is 0 Å². The quantitative estimate of drug-likeness (QED) is 0.726. The van der Waals surface area contributed by atoms with Crippen LogP contribution < -0.4 is 5.73 Å². The zero-order chi connectivity index (χ0) is 21.2. The number of sulfonamides is 1. The van der Waals surface area contributed by atoms with E-state index in [-0.39, 0.29) is 31.3 Å². The Hall–Kier alpha value is -1.73. The molecule has 2 heterocycles. The predicted molar refractivity (Wildman–Crippen MR) is 113 cm³/mol. The lowest BCUT2D eigenvalue weighted by Gasteiger charge is -2.33. The Balaban J connectivity index is 0.00000320. The molecule has 0 unspecified atom stereocenters. The van der Waals surface area contributed by atoms with Gasteiger partial charge in [-0.2, -0.15) is 9.57 Å². The Morgan fingerprint density at radius 3 is 2.57 bits per heavy atom. The summed E-state index contributed by atoms with van der Waals surface area (Å²) in [6.07, 6.45) is 0.469. The molecule has 0 spiro atoms. The fourth-order valence-corrected chi connectivity index (χ4v) is 5.89. The zero-order valence-corrected chi connectivity index (χ0v) is 18.5. The molecule has 2 N–H and O–H groups in total. The van der Waals surface area contributed by atoms with E-state index in [1.165, 1.54) is 9.21 Å². The van der Waals surface area contributed by atoms with Gasteiger partial charge in [-0.15, -0.1) is 12.4 Å². The van der Waals surface area contributed by atoms with E-state index in [4.69, 9.17) is 11.0 Å². The number of carbonyl (C=O) groups excluding carboxylic acids is 1. The van der Waals surface area contributed by atoms with Crippen LogP contribution in [-0.2, 0) is 14.8 Å². The van der Waals surface area contributed by atoms with Crippen molar-refractivity contribution in [2.24, 2.45) is 11.7 Å². The number of hydrogen-bond acceptors (Lipinski definition) is 5. The van der Waals surface area contributed by atoms with E-state index in [9.17, 15) is 17.6 Å². The third-order valence-electron chi connectivity index (χ3n) is 5.87. The number of amides is 1. The monoisotopic (exact) mass is 458 g/mol. The number of benzene rings is 1. The first-order valence-corrected chi connectivity index (χ1v) is 11.3. The van der Waals surface area contributed by atoms with Gasteiger partial charge in [0.1, 0.15) is 12.2 Å². The fraction of sp³-hybridized carbons (Fsp3) is 0.600. The van der Waals surface area contributed by atoms with Crippen molar-refractivity contribution in [3.63, 3.8) is 0 Å². The number of nitrogens with zero attached hydrogens (tertiary/aromatic N) is 3. The number of likely N-dealkylation sites (tertiary alicyclic amines) is 1. The molecular formula is C20H28ClFN4O3S. The molecule has 0 aromatic heterocycles. The van der Waals surface area contributed by atoms with Crippen LogP contribution in [0.3, 0.4) is 0 Å². The van der Waals surface area contributed by atoms with Gasteiger partial charge >= 0.3 is 0 Å². The molecule has 7 nitrogen and oxygen atoms in total. The number of alkyl halides is 1. The molecule has 1 amide bonds. The average molecular weight is 459 g/mol. The van der Waals surface area contributed by atoms with Crippen molar-refractivity contribution in [3.8, 4) is 6.07 Å². The van der Waals surface area contributed by atoms with Crippen molar-refractivity contribution in [2.75, 3.05) is 19.6 Å². The molecule has 0 saturated carbocycles. The molecule has 0 radical (unpaired) electrons. The second kappa shape index (κ2) is 10.1. The number of piperidine rings is 1. The minimum Gasteiger partial charge on any atom is -0.322 e. The summed E-state index contributed by atoms with van der Waals surface area (Å²) >= 11 is 0. The maximum absolute atomic E-state index is 13.6. The molecule has 1 aromatic carbocycles. The lowest BCUT2D eigenvalue weighted by atomic mass is 9.91. The lowest BCUT2D eigenvalue weighted by molar-refractivity contribution is -0.133. The van der Waals surface area contributed by atoms with E-state index in [1.807, 2.05) is 6.07 Å². The van der Waals surface area contributed by atoms with Crippen LogP contribution in [-0.4, -0.2) is 61.4 Å². The highest BCUT2D eigenvalue weighted by Gasteiger charge is 2.38. The van der Waals surface area contributed by atoms with E-state index >= 15 is 0 Å². The Labute approximate surface area is 183 Å². The van der Waals surface area contributed by atoms with Gasteiger partial charge in [0.2, 0.25) is 15.9 Å². The number of halogens is 2. The molecule has 10 heteroatoms. The number of nitriles is 1. The third kappa shape index (κ3) is 5.11. The van der Waals surface area contributed by atoms with Gasteiger partial charge in [0.15, 0.2) is 0 Å². The van der Waals surface area contributed by atoms with Crippen LogP contribution >= 0.6 is 12.4 Å². The van der Waals surface area contributed by atoms with Gasteiger partial charge in [-0.1, -0.05) is 18.2 Å². The summed E-state index contributed by atoms with van der Waals surface area (Å²) in [7, 11) is -3.54. The summed E-state index contributed by atoms with van der Waals surface area (Å²) < 4.78 is 40.8.